The normalized spacial score (nSPS) is 12.7. The first kappa shape index (κ1) is 22.9. The molecule has 0 aliphatic heterocycles. The van der Waals surface area contributed by atoms with Gasteiger partial charge in [0, 0.05) is 0 Å². The van der Waals surface area contributed by atoms with Gasteiger partial charge in [-0.25, -0.2) is 8.42 Å². The fourth-order valence-electron chi connectivity index (χ4n) is 3.36. The molecule has 0 unspecified atom stereocenters. The molecule has 0 saturated heterocycles. The maximum atomic E-state index is 12.8. The average Bonchev–Trinajstić information content (AvgIpc) is 2.65. The Morgan fingerprint density at radius 3 is 2.28 bits per heavy atom. The van der Waals surface area contributed by atoms with Crippen molar-refractivity contribution in [2.45, 2.75) is 53.0 Å². The maximum Gasteiger partial charge on any atom is 0.241 e. The number of benzene rings is 2. The van der Waals surface area contributed by atoms with Gasteiger partial charge in [-0.1, -0.05) is 57.2 Å². The molecule has 1 atom stereocenters. The minimum Gasteiger partial charge on any atom is -0.348 e. The number of hydrogen-bond donors (Lipinski definition) is 1. The van der Waals surface area contributed by atoms with Gasteiger partial charge in [0.05, 0.1) is 18.0 Å². The van der Waals surface area contributed by atoms with Crippen molar-refractivity contribution in [1.82, 2.24) is 5.32 Å². The van der Waals surface area contributed by atoms with Gasteiger partial charge in [0.25, 0.3) is 0 Å². The second kappa shape index (κ2) is 9.44. The molecule has 0 aliphatic carbocycles. The highest BCUT2D eigenvalue weighted by Crippen LogP contribution is 2.29. The van der Waals surface area contributed by atoms with E-state index in [4.69, 9.17) is 0 Å². The first-order valence-electron chi connectivity index (χ1n) is 9.97. The average molecular weight is 417 g/mol. The third kappa shape index (κ3) is 5.82. The molecule has 5 nitrogen and oxygen atoms in total. The number of carbonyl (C=O) groups is 1. The fraction of sp³-hybridized carbons (Fsp3) is 0.435. The van der Waals surface area contributed by atoms with Crippen LogP contribution in [0.2, 0.25) is 0 Å². The molecule has 0 saturated carbocycles. The van der Waals surface area contributed by atoms with Crippen molar-refractivity contribution in [2.75, 3.05) is 17.1 Å². The molecule has 0 heterocycles. The van der Waals surface area contributed by atoms with Crippen LogP contribution in [0.3, 0.4) is 0 Å². The molecule has 0 aliphatic rings. The molecule has 0 fully saturated rings. The number of carbonyl (C=O) groups excluding carboxylic acids is 1. The van der Waals surface area contributed by atoms with Crippen LogP contribution >= 0.6 is 0 Å². The van der Waals surface area contributed by atoms with E-state index >= 15 is 0 Å². The number of anilines is 1. The van der Waals surface area contributed by atoms with Gasteiger partial charge in [-0.05, 0) is 54.5 Å². The number of para-hydroxylation sites is 1. The predicted octanol–water partition coefficient (Wildman–Crippen LogP) is 4.46. The molecule has 0 radical (unpaired) electrons. The SMILES string of the molecule is CC[C@H](NC(=O)CN(c1ccccc1C(C)C)S(C)(=O)=O)c1ccc(C)c(C)c1. The number of rotatable bonds is 8. The van der Waals surface area contributed by atoms with E-state index in [0.717, 1.165) is 23.8 Å². The molecule has 2 aromatic carbocycles. The third-order valence-electron chi connectivity index (χ3n) is 5.19. The number of hydrogen-bond acceptors (Lipinski definition) is 3. The molecule has 0 aromatic heterocycles. The summed E-state index contributed by atoms with van der Waals surface area (Å²) in [6.45, 7) is 9.86. The first-order chi connectivity index (χ1) is 13.5. The molecular weight excluding hydrogens is 384 g/mol. The minimum absolute atomic E-state index is 0.137. The van der Waals surface area contributed by atoms with Crippen LogP contribution in [0.25, 0.3) is 0 Å². The van der Waals surface area contributed by atoms with Gasteiger partial charge >= 0.3 is 0 Å². The van der Waals surface area contributed by atoms with Crippen LogP contribution in [0, 0.1) is 13.8 Å². The Balaban J connectivity index is 2.28. The van der Waals surface area contributed by atoms with E-state index < -0.39 is 10.0 Å². The topological polar surface area (TPSA) is 66.5 Å². The number of nitrogens with one attached hydrogen (secondary N) is 1. The summed E-state index contributed by atoms with van der Waals surface area (Å²) < 4.78 is 26.2. The summed E-state index contributed by atoms with van der Waals surface area (Å²) in [6.07, 6.45) is 1.85. The summed E-state index contributed by atoms with van der Waals surface area (Å²) in [5.41, 5.74) is 4.84. The van der Waals surface area contributed by atoms with Gasteiger partial charge in [-0.2, -0.15) is 0 Å². The van der Waals surface area contributed by atoms with E-state index in [1.54, 1.807) is 12.1 Å². The van der Waals surface area contributed by atoms with Crippen molar-refractivity contribution < 1.29 is 13.2 Å². The van der Waals surface area contributed by atoms with Crippen molar-refractivity contribution >= 4 is 21.6 Å². The lowest BCUT2D eigenvalue weighted by Crippen LogP contribution is -2.42. The highest BCUT2D eigenvalue weighted by Gasteiger charge is 2.25. The summed E-state index contributed by atoms with van der Waals surface area (Å²) in [4.78, 5) is 12.8. The zero-order valence-corrected chi connectivity index (χ0v) is 19.0. The van der Waals surface area contributed by atoms with Crippen LogP contribution in [-0.2, 0) is 14.8 Å². The van der Waals surface area contributed by atoms with Crippen molar-refractivity contribution in [2.24, 2.45) is 0 Å². The maximum absolute atomic E-state index is 12.8. The Labute approximate surface area is 175 Å². The van der Waals surface area contributed by atoms with Crippen LogP contribution in [0.1, 0.15) is 61.4 Å². The van der Waals surface area contributed by atoms with Gasteiger partial charge in [0.2, 0.25) is 15.9 Å². The summed E-state index contributed by atoms with van der Waals surface area (Å²) in [6, 6.07) is 13.3. The Kier molecular flexibility index (Phi) is 7.47. The monoisotopic (exact) mass is 416 g/mol. The van der Waals surface area contributed by atoms with Crippen molar-refractivity contribution in [3.8, 4) is 0 Å². The molecule has 0 spiro atoms. The number of amides is 1. The lowest BCUT2D eigenvalue weighted by Gasteiger charge is -2.27. The molecule has 1 N–H and O–H groups in total. The van der Waals surface area contributed by atoms with E-state index in [1.165, 1.54) is 15.4 Å². The van der Waals surface area contributed by atoms with Crippen LogP contribution in [0.4, 0.5) is 5.69 Å². The van der Waals surface area contributed by atoms with E-state index in [1.807, 2.05) is 52.0 Å². The quantitative estimate of drug-likeness (QED) is 0.691. The second-order valence-electron chi connectivity index (χ2n) is 7.86. The first-order valence-corrected chi connectivity index (χ1v) is 11.8. The van der Waals surface area contributed by atoms with Crippen LogP contribution in [-0.4, -0.2) is 27.1 Å². The van der Waals surface area contributed by atoms with Gasteiger partial charge in [-0.15, -0.1) is 0 Å². The van der Waals surface area contributed by atoms with Gasteiger partial charge in [0.1, 0.15) is 6.54 Å². The Hall–Kier alpha value is -2.34. The lowest BCUT2D eigenvalue weighted by molar-refractivity contribution is -0.120. The van der Waals surface area contributed by atoms with Crippen LogP contribution in [0.15, 0.2) is 42.5 Å². The highest BCUT2D eigenvalue weighted by atomic mass is 32.2. The zero-order valence-electron chi connectivity index (χ0n) is 18.2. The molecular formula is C23H32N2O3S. The zero-order chi connectivity index (χ0) is 21.8. The molecule has 2 aromatic rings. The molecule has 29 heavy (non-hydrogen) atoms. The standard InChI is InChI=1S/C23H32N2O3S/c1-7-21(19-13-12-17(4)18(5)14-19)24-23(26)15-25(29(6,27)28)22-11-9-8-10-20(22)16(2)3/h8-14,16,21H,7,15H2,1-6H3,(H,24,26)/t21-/m0/s1. The summed E-state index contributed by atoms with van der Waals surface area (Å²) >= 11 is 0. The van der Waals surface area contributed by atoms with E-state index in [-0.39, 0.29) is 24.4 Å². The van der Waals surface area contributed by atoms with E-state index in [2.05, 4.69) is 18.3 Å². The Morgan fingerprint density at radius 2 is 1.72 bits per heavy atom. The van der Waals surface area contributed by atoms with E-state index in [0.29, 0.717) is 5.69 Å². The largest absolute Gasteiger partial charge is 0.348 e. The van der Waals surface area contributed by atoms with Crippen molar-refractivity contribution in [3.63, 3.8) is 0 Å². The van der Waals surface area contributed by atoms with Gasteiger partial charge < -0.3 is 5.32 Å². The van der Waals surface area contributed by atoms with Gasteiger partial charge in [0.15, 0.2) is 0 Å². The number of aryl methyl sites for hydroxylation is 2. The predicted molar refractivity (Wildman–Crippen MR) is 120 cm³/mol. The molecule has 158 valence electrons. The summed E-state index contributed by atoms with van der Waals surface area (Å²) in [7, 11) is -3.62. The third-order valence-corrected chi connectivity index (χ3v) is 6.32. The number of sulfonamides is 1. The fourth-order valence-corrected chi connectivity index (χ4v) is 4.23. The van der Waals surface area contributed by atoms with Crippen LogP contribution < -0.4 is 9.62 Å². The molecule has 0 bridgehead atoms. The molecule has 2 rings (SSSR count). The van der Waals surface area contributed by atoms with E-state index in [9.17, 15) is 13.2 Å². The molecule has 1 amide bonds. The smallest absolute Gasteiger partial charge is 0.241 e. The Morgan fingerprint density at radius 1 is 1.07 bits per heavy atom. The summed E-state index contributed by atoms with van der Waals surface area (Å²) in [5.74, 6) is -0.184. The van der Waals surface area contributed by atoms with Gasteiger partial charge in [-0.3, -0.25) is 9.10 Å². The Bertz CT molecular complexity index is 968. The lowest BCUT2D eigenvalue weighted by atomic mass is 9.99. The summed E-state index contributed by atoms with van der Waals surface area (Å²) in [5, 5.41) is 3.01. The van der Waals surface area contributed by atoms with Crippen LogP contribution in [0.5, 0.6) is 0 Å². The number of nitrogens with zero attached hydrogens (tertiary/aromatic N) is 1. The molecule has 6 heteroatoms. The van der Waals surface area contributed by atoms with Crippen molar-refractivity contribution in [1.29, 1.82) is 0 Å². The minimum atomic E-state index is -3.62. The highest BCUT2D eigenvalue weighted by molar-refractivity contribution is 7.92. The van der Waals surface area contributed by atoms with Crippen molar-refractivity contribution in [3.05, 3.63) is 64.7 Å². The second-order valence-corrected chi connectivity index (χ2v) is 9.76.